The van der Waals surface area contributed by atoms with Gasteiger partial charge >= 0.3 is 0 Å². The molecule has 2 aliphatic heterocycles. The maximum absolute atomic E-state index is 12.0. The zero-order valence-corrected chi connectivity index (χ0v) is 12.8. The number of halogens is 1. The number of ether oxygens (including phenoxy) is 1. The minimum Gasteiger partial charge on any atom is -0.377 e. The molecule has 7 heteroatoms. The van der Waals surface area contributed by atoms with E-state index in [9.17, 15) is 8.42 Å². The molecule has 2 aliphatic rings. The molecule has 2 saturated heterocycles. The summed E-state index contributed by atoms with van der Waals surface area (Å²) in [6.07, 6.45) is 3.16. The lowest BCUT2D eigenvalue weighted by molar-refractivity contribution is 0.0617. The molecule has 112 valence electrons. The van der Waals surface area contributed by atoms with Gasteiger partial charge in [-0.05, 0) is 19.3 Å². The van der Waals surface area contributed by atoms with E-state index in [1.54, 1.807) is 4.31 Å². The van der Waals surface area contributed by atoms with E-state index in [1.165, 1.54) is 0 Å². The zero-order chi connectivity index (χ0) is 13.7. The number of hydrogen-bond acceptors (Lipinski definition) is 4. The molecule has 1 unspecified atom stereocenters. The van der Waals surface area contributed by atoms with E-state index in [-0.39, 0.29) is 5.75 Å². The highest BCUT2D eigenvalue weighted by Gasteiger charge is 2.28. The monoisotopic (exact) mass is 310 g/mol. The third-order valence-electron chi connectivity index (χ3n) is 3.75. The lowest BCUT2D eigenvalue weighted by atomic mass is 10.2. The predicted octanol–water partition coefficient (Wildman–Crippen LogP) is 0.742. The van der Waals surface area contributed by atoms with Gasteiger partial charge in [0.2, 0.25) is 10.0 Å². The first-order valence-corrected chi connectivity index (χ1v) is 9.14. The first-order valence-electron chi connectivity index (χ1n) is 6.99. The highest BCUT2D eigenvalue weighted by Crippen LogP contribution is 2.15. The van der Waals surface area contributed by atoms with Gasteiger partial charge in [-0.1, -0.05) is 0 Å². The topological polar surface area (TPSA) is 49.9 Å². The molecule has 0 bridgehead atoms. The van der Waals surface area contributed by atoms with Crippen LogP contribution in [0.25, 0.3) is 0 Å². The van der Waals surface area contributed by atoms with Gasteiger partial charge in [0.05, 0.1) is 11.9 Å². The number of sulfonamides is 1. The largest absolute Gasteiger partial charge is 0.377 e. The second kappa shape index (κ2) is 7.22. The number of nitrogens with zero attached hydrogens (tertiary/aromatic N) is 2. The van der Waals surface area contributed by atoms with E-state index >= 15 is 0 Å². The van der Waals surface area contributed by atoms with Crippen molar-refractivity contribution >= 4 is 21.6 Å². The van der Waals surface area contributed by atoms with Crippen molar-refractivity contribution in [2.75, 3.05) is 51.0 Å². The summed E-state index contributed by atoms with van der Waals surface area (Å²) in [5, 5.41) is 0. The molecule has 0 saturated carbocycles. The molecule has 0 radical (unpaired) electrons. The van der Waals surface area contributed by atoms with Gasteiger partial charge < -0.3 is 4.74 Å². The molecule has 0 amide bonds. The van der Waals surface area contributed by atoms with E-state index in [4.69, 9.17) is 16.3 Å². The van der Waals surface area contributed by atoms with Crippen LogP contribution in [0.2, 0.25) is 0 Å². The lowest BCUT2D eigenvalue weighted by Gasteiger charge is -2.35. The molecule has 0 aromatic rings. The second-order valence-electron chi connectivity index (χ2n) is 5.19. The Morgan fingerprint density at radius 2 is 1.95 bits per heavy atom. The van der Waals surface area contributed by atoms with E-state index in [0.29, 0.717) is 31.5 Å². The first kappa shape index (κ1) is 15.5. The second-order valence-corrected chi connectivity index (χ2v) is 7.66. The Balaban J connectivity index is 1.75. The van der Waals surface area contributed by atoms with Crippen LogP contribution < -0.4 is 0 Å². The summed E-state index contributed by atoms with van der Waals surface area (Å²) in [6, 6.07) is 0. The molecule has 0 aromatic carbocycles. The molecule has 2 heterocycles. The van der Waals surface area contributed by atoms with Crippen LogP contribution in [0.3, 0.4) is 0 Å². The van der Waals surface area contributed by atoms with Gasteiger partial charge in [0, 0.05) is 45.2 Å². The van der Waals surface area contributed by atoms with Crippen LogP contribution >= 0.6 is 11.6 Å². The number of hydrogen-bond donors (Lipinski definition) is 0. The Morgan fingerprint density at radius 1 is 1.21 bits per heavy atom. The van der Waals surface area contributed by atoms with E-state index in [1.807, 2.05) is 0 Å². The third-order valence-corrected chi connectivity index (χ3v) is 5.97. The van der Waals surface area contributed by atoms with Crippen LogP contribution in [0.15, 0.2) is 0 Å². The highest BCUT2D eigenvalue weighted by atomic mass is 35.5. The summed E-state index contributed by atoms with van der Waals surface area (Å²) in [5.74, 6) is 0.570. The molecular formula is C12H23ClN2O3S. The van der Waals surface area contributed by atoms with Crippen LogP contribution in [0, 0.1) is 0 Å². The summed E-state index contributed by atoms with van der Waals surface area (Å²) in [4.78, 5) is 2.31. The normalized spacial score (nSPS) is 26.9. The molecule has 5 nitrogen and oxygen atoms in total. The van der Waals surface area contributed by atoms with Crippen LogP contribution in [-0.4, -0.2) is 74.7 Å². The molecule has 0 N–H and O–H groups in total. The van der Waals surface area contributed by atoms with Gasteiger partial charge in [0.15, 0.2) is 0 Å². The van der Waals surface area contributed by atoms with Gasteiger partial charge in [-0.15, -0.1) is 11.6 Å². The zero-order valence-electron chi connectivity index (χ0n) is 11.3. The van der Waals surface area contributed by atoms with Crippen molar-refractivity contribution in [1.82, 2.24) is 9.21 Å². The molecule has 19 heavy (non-hydrogen) atoms. The number of piperazine rings is 1. The Morgan fingerprint density at radius 3 is 2.53 bits per heavy atom. The SMILES string of the molecule is O=S(=O)(CCCCl)N1CCN(CC2CCCO2)CC1. The molecule has 0 aliphatic carbocycles. The van der Waals surface area contributed by atoms with Crippen molar-refractivity contribution in [3.63, 3.8) is 0 Å². The van der Waals surface area contributed by atoms with Gasteiger partial charge in [-0.3, -0.25) is 4.90 Å². The van der Waals surface area contributed by atoms with Crippen molar-refractivity contribution in [3.8, 4) is 0 Å². The Labute approximate surface area is 120 Å². The summed E-state index contributed by atoms with van der Waals surface area (Å²) < 4.78 is 31.3. The summed E-state index contributed by atoms with van der Waals surface area (Å²) >= 11 is 5.56. The average molecular weight is 311 g/mol. The Bertz CT molecular complexity index is 363. The van der Waals surface area contributed by atoms with Crippen molar-refractivity contribution in [1.29, 1.82) is 0 Å². The Hall–Kier alpha value is 0.120. The maximum atomic E-state index is 12.0. The third kappa shape index (κ3) is 4.56. The van der Waals surface area contributed by atoms with Gasteiger partial charge in [-0.2, -0.15) is 4.31 Å². The van der Waals surface area contributed by atoms with E-state index in [2.05, 4.69) is 4.90 Å². The lowest BCUT2D eigenvalue weighted by Crippen LogP contribution is -2.50. The molecule has 0 aromatic heterocycles. The molecular weight excluding hydrogens is 288 g/mol. The molecule has 1 atom stereocenters. The van der Waals surface area contributed by atoms with Crippen LogP contribution in [0.5, 0.6) is 0 Å². The average Bonchev–Trinajstić information content (AvgIpc) is 2.90. The fraction of sp³-hybridized carbons (Fsp3) is 1.00. The molecule has 0 spiro atoms. The van der Waals surface area contributed by atoms with Crippen LogP contribution in [0.1, 0.15) is 19.3 Å². The van der Waals surface area contributed by atoms with Gasteiger partial charge in [0.25, 0.3) is 0 Å². The smallest absolute Gasteiger partial charge is 0.214 e. The van der Waals surface area contributed by atoms with E-state index in [0.717, 1.165) is 39.1 Å². The van der Waals surface area contributed by atoms with Crippen LogP contribution in [-0.2, 0) is 14.8 Å². The first-order chi connectivity index (χ1) is 9.12. The Kier molecular flexibility index (Phi) is 5.89. The summed E-state index contributed by atoms with van der Waals surface area (Å²) in [7, 11) is -3.11. The minimum atomic E-state index is -3.11. The quantitative estimate of drug-likeness (QED) is 0.679. The minimum absolute atomic E-state index is 0.169. The maximum Gasteiger partial charge on any atom is 0.214 e. The summed E-state index contributed by atoms with van der Waals surface area (Å²) in [5.41, 5.74) is 0. The predicted molar refractivity (Wildman–Crippen MR) is 76.1 cm³/mol. The summed E-state index contributed by atoms with van der Waals surface area (Å²) in [6.45, 7) is 4.61. The number of alkyl halides is 1. The number of rotatable bonds is 6. The van der Waals surface area contributed by atoms with Crippen molar-refractivity contribution in [2.45, 2.75) is 25.4 Å². The fourth-order valence-electron chi connectivity index (χ4n) is 2.63. The van der Waals surface area contributed by atoms with Crippen LogP contribution in [0.4, 0.5) is 0 Å². The molecule has 2 rings (SSSR count). The standard InChI is InChI=1S/C12H23ClN2O3S/c13-4-2-10-19(16,17)15-7-5-14(6-8-15)11-12-3-1-9-18-12/h12H,1-11H2. The molecule has 2 fully saturated rings. The fourth-order valence-corrected chi connectivity index (χ4v) is 4.41. The van der Waals surface area contributed by atoms with Crippen molar-refractivity contribution in [2.24, 2.45) is 0 Å². The highest BCUT2D eigenvalue weighted by molar-refractivity contribution is 7.89. The van der Waals surface area contributed by atoms with Gasteiger partial charge in [0.1, 0.15) is 0 Å². The van der Waals surface area contributed by atoms with E-state index < -0.39 is 10.0 Å². The van der Waals surface area contributed by atoms with Crippen molar-refractivity contribution < 1.29 is 13.2 Å². The van der Waals surface area contributed by atoms with Gasteiger partial charge in [-0.25, -0.2) is 8.42 Å². The van der Waals surface area contributed by atoms with Crippen molar-refractivity contribution in [3.05, 3.63) is 0 Å².